The van der Waals surface area contributed by atoms with Crippen molar-refractivity contribution in [3.63, 3.8) is 0 Å². The molecule has 94 valence electrons. The Balaban J connectivity index is 2.19. The van der Waals surface area contributed by atoms with Gasteiger partial charge in [-0.3, -0.25) is 9.09 Å². The van der Waals surface area contributed by atoms with E-state index >= 15 is 0 Å². The number of hydrogen-bond acceptors (Lipinski definition) is 5. The third-order valence-corrected chi connectivity index (χ3v) is 3.54. The average Bonchev–Trinajstić information content (AvgIpc) is 2.54. The molecule has 3 unspecified atom stereocenters. The van der Waals surface area contributed by atoms with Crippen molar-refractivity contribution in [1.82, 2.24) is 0 Å². The first kappa shape index (κ1) is 12.5. The largest absolute Gasteiger partial charge is 0.381 e. The van der Waals surface area contributed by atoms with Gasteiger partial charge in [-0.05, 0) is 6.92 Å². The van der Waals surface area contributed by atoms with Gasteiger partial charge in [0.05, 0.1) is 19.3 Å². The molecule has 2 fully saturated rings. The Kier molecular flexibility index (Phi) is 3.16. The highest BCUT2D eigenvalue weighted by Gasteiger charge is 2.62. The average molecular weight is 252 g/mol. The van der Waals surface area contributed by atoms with E-state index in [1.807, 2.05) is 6.92 Å². The molecule has 16 heavy (non-hydrogen) atoms. The van der Waals surface area contributed by atoms with Crippen LogP contribution in [0.15, 0.2) is 0 Å². The summed E-state index contributed by atoms with van der Waals surface area (Å²) in [6, 6.07) is 0. The molecule has 2 saturated heterocycles. The molecule has 2 bridgehead atoms. The van der Waals surface area contributed by atoms with Crippen molar-refractivity contribution >= 4 is 7.60 Å². The summed E-state index contributed by atoms with van der Waals surface area (Å²) in [5.74, 6) is 0. The maximum Gasteiger partial charge on any atom is 0.325 e. The van der Waals surface area contributed by atoms with E-state index in [0.717, 1.165) is 6.66 Å². The molecule has 0 spiro atoms. The lowest BCUT2D eigenvalue weighted by Crippen LogP contribution is -2.45. The van der Waals surface area contributed by atoms with E-state index in [-0.39, 0.29) is 12.2 Å². The predicted octanol–water partition coefficient (Wildman–Crippen LogP) is 0.389. The lowest BCUT2D eigenvalue weighted by molar-refractivity contribution is -0.158. The fourth-order valence-corrected chi connectivity index (χ4v) is 3.13. The van der Waals surface area contributed by atoms with Crippen molar-refractivity contribution in [3.05, 3.63) is 0 Å². The fourth-order valence-electron chi connectivity index (χ4n) is 2.40. The van der Waals surface area contributed by atoms with Crippen molar-refractivity contribution in [3.8, 4) is 0 Å². The van der Waals surface area contributed by atoms with E-state index in [2.05, 4.69) is 0 Å². The lowest BCUT2D eigenvalue weighted by atomic mass is 10.00. The Morgan fingerprint density at radius 1 is 1.62 bits per heavy atom. The van der Waals surface area contributed by atoms with Crippen molar-refractivity contribution < 1.29 is 28.2 Å². The SMILES string of the molecule is COCC12CO[C@H](C(C)O1)[C@H]2OP(C)(=O)O. The zero-order valence-electron chi connectivity index (χ0n) is 9.58. The van der Waals surface area contributed by atoms with Crippen LogP contribution in [0, 0.1) is 0 Å². The first-order valence-electron chi connectivity index (χ1n) is 5.15. The molecule has 0 aliphatic carbocycles. The molecule has 2 rings (SSSR count). The molecule has 0 aromatic heterocycles. The van der Waals surface area contributed by atoms with Gasteiger partial charge in [0.1, 0.15) is 17.8 Å². The molecule has 0 radical (unpaired) electrons. The van der Waals surface area contributed by atoms with E-state index in [9.17, 15) is 9.46 Å². The number of rotatable bonds is 4. The smallest absolute Gasteiger partial charge is 0.325 e. The van der Waals surface area contributed by atoms with E-state index < -0.39 is 19.3 Å². The van der Waals surface area contributed by atoms with Crippen molar-refractivity contribution in [2.45, 2.75) is 30.8 Å². The molecule has 6 nitrogen and oxygen atoms in total. The summed E-state index contributed by atoms with van der Waals surface area (Å²) < 4.78 is 32.9. The summed E-state index contributed by atoms with van der Waals surface area (Å²) >= 11 is 0. The third-order valence-electron chi connectivity index (χ3n) is 2.92. The second-order valence-corrected chi connectivity index (χ2v) is 6.24. The molecule has 0 aromatic rings. The molecular weight excluding hydrogens is 235 g/mol. The standard InChI is InChI=1S/C9H17O6P/c1-6-7-8(15-16(3,10)11)9(14-6,4-12-2)5-13-7/h6-8H,4-5H2,1-3H3,(H,10,11)/t6?,7-,8-,9?/m1/s1. The summed E-state index contributed by atoms with van der Waals surface area (Å²) in [5, 5.41) is 0. The van der Waals surface area contributed by atoms with Gasteiger partial charge in [0, 0.05) is 13.8 Å². The molecule has 2 aliphatic heterocycles. The molecule has 2 heterocycles. The van der Waals surface area contributed by atoms with Crippen LogP contribution in [-0.4, -0.2) is 55.8 Å². The topological polar surface area (TPSA) is 74.2 Å². The van der Waals surface area contributed by atoms with E-state index in [1.54, 1.807) is 7.11 Å². The lowest BCUT2D eigenvalue weighted by Gasteiger charge is -2.29. The number of fused-ring (bicyclic) bond motifs is 2. The Labute approximate surface area is 94.4 Å². The van der Waals surface area contributed by atoms with Crippen molar-refractivity contribution in [2.24, 2.45) is 0 Å². The Hall–Kier alpha value is 0.0300. The number of ether oxygens (including phenoxy) is 3. The zero-order chi connectivity index (χ0) is 12.0. The van der Waals surface area contributed by atoms with Gasteiger partial charge in [-0.2, -0.15) is 0 Å². The fraction of sp³-hybridized carbons (Fsp3) is 1.00. The van der Waals surface area contributed by atoms with Gasteiger partial charge in [-0.1, -0.05) is 0 Å². The Morgan fingerprint density at radius 3 is 2.81 bits per heavy atom. The minimum absolute atomic E-state index is 0.152. The first-order chi connectivity index (χ1) is 7.38. The van der Waals surface area contributed by atoms with Gasteiger partial charge in [-0.25, -0.2) is 0 Å². The highest BCUT2D eigenvalue weighted by atomic mass is 31.2. The summed E-state index contributed by atoms with van der Waals surface area (Å²) in [7, 11) is -2.01. The maximum atomic E-state index is 11.3. The number of methoxy groups -OCH3 is 1. The van der Waals surface area contributed by atoms with Crippen LogP contribution >= 0.6 is 7.60 Å². The van der Waals surface area contributed by atoms with Crippen LogP contribution in [-0.2, 0) is 23.3 Å². The zero-order valence-corrected chi connectivity index (χ0v) is 10.5. The quantitative estimate of drug-likeness (QED) is 0.729. The molecule has 5 atom stereocenters. The Bertz CT molecular complexity index is 315. The molecule has 0 saturated carbocycles. The summed E-state index contributed by atoms with van der Waals surface area (Å²) in [6.07, 6.45) is -0.987. The molecular formula is C9H17O6P. The second kappa shape index (κ2) is 4.05. The van der Waals surface area contributed by atoms with Crippen LogP contribution < -0.4 is 0 Å². The summed E-state index contributed by atoms with van der Waals surface area (Å²) in [6.45, 7) is 3.64. The van der Waals surface area contributed by atoms with Crippen LogP contribution in [0.1, 0.15) is 6.92 Å². The van der Waals surface area contributed by atoms with Crippen LogP contribution in [0.25, 0.3) is 0 Å². The molecule has 0 aromatic carbocycles. The van der Waals surface area contributed by atoms with Gasteiger partial charge < -0.3 is 19.1 Å². The van der Waals surface area contributed by atoms with E-state index in [0.29, 0.717) is 13.2 Å². The predicted molar refractivity (Wildman–Crippen MR) is 55.5 cm³/mol. The van der Waals surface area contributed by atoms with Gasteiger partial charge >= 0.3 is 7.60 Å². The maximum absolute atomic E-state index is 11.3. The third kappa shape index (κ3) is 2.06. The van der Waals surface area contributed by atoms with Gasteiger partial charge in [0.2, 0.25) is 0 Å². The normalized spacial score (nSPS) is 45.9. The summed E-state index contributed by atoms with van der Waals surface area (Å²) in [4.78, 5) is 9.29. The van der Waals surface area contributed by atoms with E-state index in [1.165, 1.54) is 0 Å². The summed E-state index contributed by atoms with van der Waals surface area (Å²) in [5.41, 5.74) is -0.743. The van der Waals surface area contributed by atoms with Crippen LogP contribution in [0.2, 0.25) is 0 Å². The molecule has 1 N–H and O–H groups in total. The van der Waals surface area contributed by atoms with Gasteiger partial charge in [-0.15, -0.1) is 0 Å². The van der Waals surface area contributed by atoms with Gasteiger partial charge in [0.25, 0.3) is 0 Å². The van der Waals surface area contributed by atoms with Crippen molar-refractivity contribution in [1.29, 1.82) is 0 Å². The monoisotopic (exact) mass is 252 g/mol. The first-order valence-corrected chi connectivity index (χ1v) is 7.17. The minimum atomic E-state index is -3.56. The van der Waals surface area contributed by atoms with Crippen LogP contribution in [0.4, 0.5) is 0 Å². The van der Waals surface area contributed by atoms with Crippen LogP contribution in [0.5, 0.6) is 0 Å². The molecule has 2 aliphatic rings. The van der Waals surface area contributed by atoms with E-state index in [4.69, 9.17) is 18.7 Å². The molecule has 0 amide bonds. The Morgan fingerprint density at radius 2 is 2.31 bits per heavy atom. The second-order valence-electron chi connectivity index (χ2n) is 4.43. The number of hydrogen-bond donors (Lipinski definition) is 1. The van der Waals surface area contributed by atoms with Crippen molar-refractivity contribution in [2.75, 3.05) is 27.0 Å². The van der Waals surface area contributed by atoms with Gasteiger partial charge in [0.15, 0.2) is 0 Å². The highest BCUT2D eigenvalue weighted by molar-refractivity contribution is 7.51. The molecule has 7 heteroatoms. The van der Waals surface area contributed by atoms with Crippen LogP contribution in [0.3, 0.4) is 0 Å². The minimum Gasteiger partial charge on any atom is -0.381 e. The highest BCUT2D eigenvalue weighted by Crippen LogP contribution is 2.49.